The molecule has 2 aromatic rings. The number of amides is 2. The highest BCUT2D eigenvalue weighted by Gasteiger charge is 2.20. The molecule has 1 aliphatic heterocycles. The molecule has 1 fully saturated rings. The summed E-state index contributed by atoms with van der Waals surface area (Å²) in [5.41, 5.74) is 3.51. The van der Waals surface area contributed by atoms with E-state index in [4.69, 9.17) is 4.74 Å². The van der Waals surface area contributed by atoms with Gasteiger partial charge in [0, 0.05) is 46.4 Å². The van der Waals surface area contributed by atoms with Crippen molar-refractivity contribution in [3.05, 3.63) is 22.6 Å². The lowest BCUT2D eigenvalue weighted by Crippen LogP contribution is -2.33. The highest BCUT2D eigenvalue weighted by molar-refractivity contribution is 5.98. The summed E-state index contributed by atoms with van der Waals surface area (Å²) in [6.45, 7) is 8.24. The lowest BCUT2D eigenvalue weighted by molar-refractivity contribution is 0.194. The van der Waals surface area contributed by atoms with Gasteiger partial charge >= 0.3 is 11.7 Å². The maximum Gasteiger partial charge on any atom is 0.329 e. The molecule has 0 bridgehead atoms. The van der Waals surface area contributed by atoms with E-state index in [1.54, 1.807) is 16.2 Å². The second-order valence-electron chi connectivity index (χ2n) is 7.40. The van der Waals surface area contributed by atoms with Crippen molar-refractivity contribution in [2.45, 2.75) is 52.6 Å². The predicted molar refractivity (Wildman–Crippen MR) is 117 cm³/mol. The Morgan fingerprint density at radius 3 is 2.34 bits per heavy atom. The summed E-state index contributed by atoms with van der Waals surface area (Å²) in [5, 5.41) is 5.90. The van der Waals surface area contributed by atoms with Crippen LogP contribution in [0.4, 0.5) is 16.2 Å². The largest absolute Gasteiger partial charge is 0.385 e. The summed E-state index contributed by atoms with van der Waals surface area (Å²) in [4.78, 5) is 27.6. The molecule has 160 valence electrons. The van der Waals surface area contributed by atoms with Crippen molar-refractivity contribution in [2.75, 3.05) is 43.6 Å². The van der Waals surface area contributed by atoms with E-state index in [9.17, 15) is 9.59 Å². The zero-order valence-corrected chi connectivity index (χ0v) is 17.8. The van der Waals surface area contributed by atoms with Crippen LogP contribution >= 0.6 is 0 Å². The van der Waals surface area contributed by atoms with Crippen molar-refractivity contribution < 1.29 is 9.53 Å². The average molecular weight is 404 g/mol. The molecule has 0 unspecified atom stereocenters. The highest BCUT2D eigenvalue weighted by Crippen LogP contribution is 2.33. The fourth-order valence-electron chi connectivity index (χ4n) is 4.04. The molecule has 8 nitrogen and oxygen atoms in total. The third-order valence-electron chi connectivity index (χ3n) is 5.52. The number of ether oxygens (including phenoxy) is 1. The highest BCUT2D eigenvalue weighted by atomic mass is 16.5. The fourth-order valence-corrected chi connectivity index (χ4v) is 4.04. The Morgan fingerprint density at radius 2 is 1.72 bits per heavy atom. The molecule has 0 spiro atoms. The molecule has 2 heterocycles. The van der Waals surface area contributed by atoms with Crippen molar-refractivity contribution in [3.63, 3.8) is 0 Å². The van der Waals surface area contributed by atoms with Gasteiger partial charge in [0.15, 0.2) is 0 Å². The van der Waals surface area contributed by atoms with Crippen molar-refractivity contribution in [1.82, 2.24) is 14.5 Å². The van der Waals surface area contributed by atoms with E-state index in [-0.39, 0.29) is 11.7 Å². The van der Waals surface area contributed by atoms with E-state index in [0.717, 1.165) is 54.8 Å². The van der Waals surface area contributed by atoms with E-state index in [2.05, 4.69) is 21.6 Å². The third kappa shape index (κ3) is 4.58. The Bertz CT molecular complexity index is 896. The minimum absolute atomic E-state index is 0.00392. The van der Waals surface area contributed by atoms with Gasteiger partial charge < -0.3 is 20.3 Å². The van der Waals surface area contributed by atoms with Crippen LogP contribution in [0.2, 0.25) is 0 Å². The van der Waals surface area contributed by atoms with E-state index in [1.807, 2.05) is 19.9 Å². The van der Waals surface area contributed by atoms with Gasteiger partial charge in [-0.25, -0.2) is 9.59 Å². The first-order valence-electron chi connectivity index (χ1n) is 10.7. The van der Waals surface area contributed by atoms with E-state index in [1.165, 1.54) is 6.42 Å². The van der Waals surface area contributed by atoms with E-state index < -0.39 is 0 Å². The van der Waals surface area contributed by atoms with Gasteiger partial charge in [-0.1, -0.05) is 0 Å². The van der Waals surface area contributed by atoms with Gasteiger partial charge in [0.2, 0.25) is 0 Å². The molecule has 29 heavy (non-hydrogen) atoms. The molecule has 1 aromatic carbocycles. The molecule has 0 saturated carbocycles. The predicted octanol–water partition coefficient (Wildman–Crippen LogP) is 2.99. The molecular formula is C21H33N5O3. The van der Waals surface area contributed by atoms with Crippen LogP contribution in [0.3, 0.4) is 0 Å². The van der Waals surface area contributed by atoms with Crippen LogP contribution in [0.15, 0.2) is 16.9 Å². The number of hydrogen-bond donors (Lipinski definition) is 2. The fraction of sp³-hybridized carbons (Fsp3) is 0.619. The summed E-state index contributed by atoms with van der Waals surface area (Å²) >= 11 is 0. The van der Waals surface area contributed by atoms with Gasteiger partial charge in [0.1, 0.15) is 0 Å². The topological polar surface area (TPSA) is 80.5 Å². The molecule has 0 atom stereocenters. The molecule has 0 aliphatic carbocycles. The molecule has 2 amide bonds. The number of carbonyl (C=O) groups excluding carboxylic acids is 1. The van der Waals surface area contributed by atoms with Gasteiger partial charge in [0.25, 0.3) is 0 Å². The minimum atomic E-state index is -0.237. The number of anilines is 2. The van der Waals surface area contributed by atoms with E-state index >= 15 is 0 Å². The van der Waals surface area contributed by atoms with Crippen LogP contribution in [0.1, 0.15) is 39.5 Å². The van der Waals surface area contributed by atoms with Crippen LogP contribution in [-0.2, 0) is 17.8 Å². The van der Waals surface area contributed by atoms with Crippen molar-refractivity contribution in [1.29, 1.82) is 0 Å². The Kier molecular flexibility index (Phi) is 7.19. The second kappa shape index (κ2) is 9.82. The first-order valence-corrected chi connectivity index (χ1v) is 10.7. The van der Waals surface area contributed by atoms with Crippen molar-refractivity contribution in [3.8, 4) is 0 Å². The molecular weight excluding hydrogens is 370 g/mol. The zero-order valence-electron chi connectivity index (χ0n) is 17.8. The lowest BCUT2D eigenvalue weighted by Gasteiger charge is -2.30. The van der Waals surface area contributed by atoms with Crippen LogP contribution in [0, 0.1) is 0 Å². The molecule has 1 saturated heterocycles. The van der Waals surface area contributed by atoms with Gasteiger partial charge in [-0.3, -0.25) is 9.13 Å². The molecule has 1 aliphatic rings. The maximum absolute atomic E-state index is 12.8. The van der Waals surface area contributed by atoms with Crippen molar-refractivity contribution >= 4 is 28.4 Å². The SMILES string of the molecule is CCn1c(=O)n(CC)c2cc(N3CCCCC3)c(NC(=O)NCCCOC)cc21. The number of benzene rings is 1. The molecule has 0 radical (unpaired) electrons. The van der Waals surface area contributed by atoms with Gasteiger partial charge in [-0.15, -0.1) is 0 Å². The molecule has 8 heteroatoms. The number of carbonyl (C=O) groups is 1. The van der Waals surface area contributed by atoms with Crippen molar-refractivity contribution in [2.24, 2.45) is 0 Å². The number of nitrogens with zero attached hydrogens (tertiary/aromatic N) is 3. The first-order chi connectivity index (χ1) is 14.1. The lowest BCUT2D eigenvalue weighted by atomic mass is 10.1. The number of rotatable bonds is 8. The Balaban J connectivity index is 1.98. The average Bonchev–Trinajstić information content (AvgIpc) is 3.00. The summed E-state index contributed by atoms with van der Waals surface area (Å²) < 4.78 is 8.60. The molecule has 3 rings (SSSR count). The van der Waals surface area contributed by atoms with E-state index in [0.29, 0.717) is 26.2 Å². The number of fused-ring (bicyclic) bond motifs is 1. The minimum Gasteiger partial charge on any atom is -0.385 e. The number of imidazole rings is 1. The van der Waals surface area contributed by atoms with Gasteiger partial charge in [-0.05, 0) is 51.7 Å². The van der Waals surface area contributed by atoms with Gasteiger partial charge in [-0.2, -0.15) is 0 Å². The van der Waals surface area contributed by atoms with Crippen LogP contribution in [0.25, 0.3) is 11.0 Å². The number of hydrogen-bond acceptors (Lipinski definition) is 4. The van der Waals surface area contributed by atoms with Crippen LogP contribution < -0.4 is 21.2 Å². The molecule has 1 aromatic heterocycles. The van der Waals surface area contributed by atoms with Crippen LogP contribution in [-0.4, -0.2) is 48.5 Å². The summed E-state index contributed by atoms with van der Waals surface area (Å²) in [6.07, 6.45) is 4.26. The first kappa shape index (κ1) is 21.2. The second-order valence-corrected chi connectivity index (χ2v) is 7.40. The maximum atomic E-state index is 12.8. The summed E-state index contributed by atoms with van der Waals surface area (Å²) in [5.74, 6) is 0. The summed E-state index contributed by atoms with van der Waals surface area (Å²) in [6, 6.07) is 3.78. The molecule has 2 N–H and O–H groups in total. The number of methoxy groups -OCH3 is 1. The van der Waals surface area contributed by atoms with Gasteiger partial charge in [0.05, 0.1) is 22.4 Å². The standard InChI is InChI=1S/C21H33N5O3/c1-4-25-18-14-16(23-20(27)22-10-9-13-29-3)17(24-11-7-6-8-12-24)15-19(18)26(5-2)21(25)28/h14-15H,4-13H2,1-3H3,(H2,22,23,27). The quantitative estimate of drug-likeness (QED) is 0.664. The number of piperidine rings is 1. The number of aromatic nitrogens is 2. The number of nitrogens with one attached hydrogen (secondary N) is 2. The Labute approximate surface area is 171 Å². The monoisotopic (exact) mass is 403 g/mol. The van der Waals surface area contributed by atoms with Crippen LogP contribution in [0.5, 0.6) is 0 Å². The zero-order chi connectivity index (χ0) is 20.8. The smallest absolute Gasteiger partial charge is 0.329 e. The number of aryl methyl sites for hydroxylation is 2. The Hall–Kier alpha value is -2.48. The normalized spacial score (nSPS) is 14.4. The number of urea groups is 1. The third-order valence-corrected chi connectivity index (χ3v) is 5.52. The summed E-state index contributed by atoms with van der Waals surface area (Å²) in [7, 11) is 1.65. The Morgan fingerprint density at radius 1 is 1.07 bits per heavy atom.